The molecule has 2 N–H and O–H groups in total. The van der Waals surface area contributed by atoms with Gasteiger partial charge in [0, 0.05) is 23.9 Å². The molecule has 20 heavy (non-hydrogen) atoms. The maximum Gasteiger partial charge on any atom is 0.285 e. The highest BCUT2D eigenvalue weighted by molar-refractivity contribution is 9.10. The number of phenols is 1. The summed E-state index contributed by atoms with van der Waals surface area (Å²) in [5.41, 5.74) is 2.17. The summed E-state index contributed by atoms with van der Waals surface area (Å²) in [4.78, 5) is 10.4. The van der Waals surface area contributed by atoms with Crippen LogP contribution in [0.2, 0.25) is 0 Å². The molecular weight excluding hydrogens is 324 g/mol. The van der Waals surface area contributed by atoms with Crippen LogP contribution in [0.1, 0.15) is 11.1 Å². The molecule has 104 valence electrons. The second-order valence-electron chi connectivity index (χ2n) is 4.36. The Kier molecular flexibility index (Phi) is 4.24. The van der Waals surface area contributed by atoms with Gasteiger partial charge in [0.2, 0.25) is 0 Å². The number of benzene rings is 2. The first-order chi connectivity index (χ1) is 9.49. The lowest BCUT2D eigenvalue weighted by Crippen LogP contribution is -2.01. The Bertz CT molecular complexity index is 659. The Morgan fingerprint density at radius 1 is 1.35 bits per heavy atom. The maximum atomic E-state index is 10.9. The normalized spacial score (nSPS) is 10.3. The van der Waals surface area contributed by atoms with E-state index in [1.807, 2.05) is 25.1 Å². The van der Waals surface area contributed by atoms with Crippen LogP contribution in [0.4, 0.5) is 11.4 Å². The van der Waals surface area contributed by atoms with Crippen molar-refractivity contribution in [1.29, 1.82) is 0 Å². The Balaban J connectivity index is 2.17. The van der Waals surface area contributed by atoms with E-state index in [0.717, 1.165) is 11.1 Å². The van der Waals surface area contributed by atoms with Gasteiger partial charge in [-0.05, 0) is 40.5 Å². The van der Waals surface area contributed by atoms with Crippen LogP contribution in [-0.2, 0) is 6.54 Å². The Labute approximate surface area is 124 Å². The average molecular weight is 337 g/mol. The molecule has 0 aliphatic rings. The van der Waals surface area contributed by atoms with E-state index in [2.05, 4.69) is 21.2 Å². The standard InChI is InChI=1S/C14H13BrN2O3/c1-9-3-2-4-10(14(9)18)8-16-11-5-6-12(15)13(7-11)17(19)20/h2-7,16,18H,8H2,1H3. The Morgan fingerprint density at radius 2 is 2.10 bits per heavy atom. The number of aromatic hydroxyl groups is 1. The number of nitro groups is 1. The van der Waals surface area contributed by atoms with Gasteiger partial charge < -0.3 is 10.4 Å². The number of hydrogen-bond donors (Lipinski definition) is 2. The molecule has 0 atom stereocenters. The Hall–Kier alpha value is -2.08. The van der Waals surface area contributed by atoms with E-state index in [1.54, 1.807) is 12.1 Å². The van der Waals surface area contributed by atoms with Gasteiger partial charge >= 0.3 is 0 Å². The zero-order chi connectivity index (χ0) is 14.7. The first kappa shape index (κ1) is 14.3. The molecule has 2 rings (SSSR count). The lowest BCUT2D eigenvalue weighted by atomic mass is 10.1. The van der Waals surface area contributed by atoms with E-state index in [-0.39, 0.29) is 11.4 Å². The van der Waals surface area contributed by atoms with Crippen molar-refractivity contribution < 1.29 is 10.0 Å². The largest absolute Gasteiger partial charge is 0.507 e. The summed E-state index contributed by atoms with van der Waals surface area (Å²) in [6.45, 7) is 2.22. The third kappa shape index (κ3) is 3.08. The zero-order valence-corrected chi connectivity index (χ0v) is 12.3. The van der Waals surface area contributed by atoms with E-state index >= 15 is 0 Å². The highest BCUT2D eigenvalue weighted by Crippen LogP contribution is 2.28. The van der Waals surface area contributed by atoms with Crippen LogP contribution in [0.3, 0.4) is 0 Å². The van der Waals surface area contributed by atoms with Gasteiger partial charge in [-0.15, -0.1) is 0 Å². The third-order valence-electron chi connectivity index (χ3n) is 2.95. The van der Waals surface area contributed by atoms with Crippen molar-refractivity contribution in [3.63, 3.8) is 0 Å². The fraction of sp³-hybridized carbons (Fsp3) is 0.143. The van der Waals surface area contributed by atoms with E-state index in [1.165, 1.54) is 6.07 Å². The van der Waals surface area contributed by atoms with Gasteiger partial charge in [0.05, 0.1) is 9.40 Å². The first-order valence-corrected chi connectivity index (χ1v) is 6.73. The van der Waals surface area contributed by atoms with Gasteiger partial charge in [0.15, 0.2) is 0 Å². The van der Waals surface area contributed by atoms with Crippen LogP contribution in [0.25, 0.3) is 0 Å². The predicted molar refractivity (Wildman–Crippen MR) is 81.0 cm³/mol. The second-order valence-corrected chi connectivity index (χ2v) is 5.21. The number of halogens is 1. The molecule has 0 aromatic heterocycles. The molecule has 0 spiro atoms. The second kappa shape index (κ2) is 5.92. The molecule has 0 amide bonds. The molecule has 0 aliphatic heterocycles. The van der Waals surface area contributed by atoms with Crippen LogP contribution in [0.5, 0.6) is 5.75 Å². The summed E-state index contributed by atoms with van der Waals surface area (Å²) >= 11 is 3.14. The summed E-state index contributed by atoms with van der Waals surface area (Å²) in [5.74, 6) is 0.242. The molecule has 5 nitrogen and oxygen atoms in total. The predicted octanol–water partition coefficient (Wildman–Crippen LogP) is 3.98. The highest BCUT2D eigenvalue weighted by atomic mass is 79.9. The molecule has 0 bridgehead atoms. The summed E-state index contributed by atoms with van der Waals surface area (Å²) in [7, 11) is 0. The minimum absolute atomic E-state index is 0.00321. The number of aryl methyl sites for hydroxylation is 1. The fourth-order valence-corrected chi connectivity index (χ4v) is 2.21. The third-order valence-corrected chi connectivity index (χ3v) is 3.62. The fourth-order valence-electron chi connectivity index (χ4n) is 1.82. The van der Waals surface area contributed by atoms with Gasteiger partial charge in [-0.2, -0.15) is 0 Å². The molecule has 2 aromatic rings. The lowest BCUT2D eigenvalue weighted by molar-refractivity contribution is -0.385. The minimum Gasteiger partial charge on any atom is -0.507 e. The van der Waals surface area contributed by atoms with Gasteiger partial charge in [0.25, 0.3) is 5.69 Å². The molecular formula is C14H13BrN2O3. The van der Waals surface area contributed by atoms with Gasteiger partial charge in [-0.1, -0.05) is 18.2 Å². The first-order valence-electron chi connectivity index (χ1n) is 5.94. The van der Waals surface area contributed by atoms with E-state index in [9.17, 15) is 15.2 Å². The number of hydrogen-bond acceptors (Lipinski definition) is 4. The number of anilines is 1. The van der Waals surface area contributed by atoms with Gasteiger partial charge in [-0.25, -0.2) is 0 Å². The quantitative estimate of drug-likeness (QED) is 0.654. The van der Waals surface area contributed by atoms with Gasteiger partial charge in [0.1, 0.15) is 5.75 Å². The number of para-hydroxylation sites is 1. The summed E-state index contributed by atoms with van der Waals surface area (Å²) < 4.78 is 0.437. The van der Waals surface area contributed by atoms with Crippen molar-refractivity contribution in [3.05, 3.63) is 62.1 Å². The van der Waals surface area contributed by atoms with Crippen molar-refractivity contribution in [2.45, 2.75) is 13.5 Å². The van der Waals surface area contributed by atoms with Crippen molar-refractivity contribution >= 4 is 27.3 Å². The van der Waals surface area contributed by atoms with Crippen molar-refractivity contribution in [2.24, 2.45) is 0 Å². The van der Waals surface area contributed by atoms with E-state index in [0.29, 0.717) is 16.7 Å². The monoisotopic (exact) mass is 336 g/mol. The number of nitrogens with zero attached hydrogens (tertiary/aromatic N) is 1. The van der Waals surface area contributed by atoms with Gasteiger partial charge in [-0.3, -0.25) is 10.1 Å². The summed E-state index contributed by atoms with van der Waals surface area (Å²) in [6.07, 6.45) is 0. The minimum atomic E-state index is -0.445. The molecule has 2 aromatic carbocycles. The molecule has 0 aliphatic carbocycles. The van der Waals surface area contributed by atoms with Crippen molar-refractivity contribution in [2.75, 3.05) is 5.32 Å². The van der Waals surface area contributed by atoms with Crippen LogP contribution in [0.15, 0.2) is 40.9 Å². The number of rotatable bonds is 4. The van der Waals surface area contributed by atoms with Crippen molar-refractivity contribution in [3.8, 4) is 5.75 Å². The summed E-state index contributed by atoms with van der Waals surface area (Å²) in [5, 5.41) is 23.8. The van der Waals surface area contributed by atoms with Crippen LogP contribution in [-0.4, -0.2) is 10.0 Å². The van der Waals surface area contributed by atoms with Crippen LogP contribution in [0, 0.1) is 17.0 Å². The molecule has 0 unspecified atom stereocenters. The number of phenolic OH excluding ortho intramolecular Hbond substituents is 1. The molecule has 0 heterocycles. The number of nitrogens with one attached hydrogen (secondary N) is 1. The Morgan fingerprint density at radius 3 is 2.80 bits per heavy atom. The van der Waals surface area contributed by atoms with E-state index < -0.39 is 4.92 Å². The summed E-state index contributed by atoms with van der Waals surface area (Å²) in [6, 6.07) is 10.3. The molecule has 0 fully saturated rings. The molecule has 6 heteroatoms. The highest BCUT2D eigenvalue weighted by Gasteiger charge is 2.12. The smallest absolute Gasteiger partial charge is 0.285 e. The number of nitro benzene ring substituents is 1. The molecule has 0 saturated carbocycles. The van der Waals surface area contributed by atoms with Crippen LogP contribution < -0.4 is 5.32 Å². The van der Waals surface area contributed by atoms with E-state index in [4.69, 9.17) is 0 Å². The topological polar surface area (TPSA) is 75.4 Å². The lowest BCUT2D eigenvalue weighted by Gasteiger charge is -2.10. The zero-order valence-electron chi connectivity index (χ0n) is 10.8. The van der Waals surface area contributed by atoms with Crippen molar-refractivity contribution in [1.82, 2.24) is 0 Å². The SMILES string of the molecule is Cc1cccc(CNc2ccc(Br)c([N+](=O)[O-])c2)c1O. The average Bonchev–Trinajstić information content (AvgIpc) is 2.41. The molecule has 0 radical (unpaired) electrons. The molecule has 0 saturated heterocycles. The van der Waals surface area contributed by atoms with Crippen LogP contribution >= 0.6 is 15.9 Å². The maximum absolute atomic E-state index is 10.9.